The molecular weight excluding hydrogens is 128 g/mol. The Morgan fingerprint density at radius 1 is 1.50 bits per heavy atom. The summed E-state index contributed by atoms with van der Waals surface area (Å²) in [7, 11) is 0. The second kappa shape index (κ2) is 4.31. The van der Waals surface area contributed by atoms with Gasteiger partial charge in [0.25, 0.3) is 0 Å². The zero-order valence-corrected chi connectivity index (χ0v) is 5.72. The van der Waals surface area contributed by atoms with E-state index in [9.17, 15) is 4.79 Å². The van der Waals surface area contributed by atoms with Crippen molar-refractivity contribution in [3.63, 3.8) is 0 Å². The molecule has 0 aromatic carbocycles. The second-order valence-corrected chi connectivity index (χ2v) is 2.65. The van der Waals surface area contributed by atoms with Gasteiger partial charge in [0.2, 0.25) is 0 Å². The molecule has 0 aromatic rings. The van der Waals surface area contributed by atoms with E-state index in [4.69, 9.17) is 4.74 Å². The van der Waals surface area contributed by atoms with Crippen LogP contribution in [0.4, 0.5) is 0 Å². The lowest BCUT2D eigenvalue weighted by Gasteiger charge is -2.00. The average molecular weight is 144 g/mol. The second-order valence-electron chi connectivity index (χ2n) is 2.65. The first-order valence-corrected chi connectivity index (χ1v) is 3.44. The maximum atomic E-state index is 10.6. The van der Waals surface area contributed by atoms with Crippen LogP contribution in [0, 0.1) is 5.92 Å². The van der Waals surface area contributed by atoms with Gasteiger partial charge in [-0.05, 0) is 18.8 Å². The fraction of sp³-hybridized carbons (Fsp3) is 0.875. The molecule has 0 aromatic heterocycles. The van der Waals surface area contributed by atoms with E-state index in [1.807, 2.05) is 0 Å². The molecule has 0 saturated carbocycles. The fourth-order valence-corrected chi connectivity index (χ4v) is 0.955. The quantitative estimate of drug-likeness (QED) is 0.486. The molecule has 1 fully saturated rings. The molecule has 1 heterocycles. The van der Waals surface area contributed by atoms with E-state index in [-0.39, 0.29) is 13.4 Å². The van der Waals surface area contributed by atoms with E-state index in [1.54, 1.807) is 0 Å². The topological polar surface area (TPSA) is 26.3 Å². The number of carbonyl (C=O) groups is 1. The van der Waals surface area contributed by atoms with Crippen LogP contribution in [0.5, 0.6) is 0 Å². The van der Waals surface area contributed by atoms with Crippen LogP contribution in [0.3, 0.4) is 0 Å². The minimum Gasteiger partial charge on any atom is -0.466 e. The highest BCUT2D eigenvalue weighted by molar-refractivity contribution is 5.69. The summed E-state index contributed by atoms with van der Waals surface area (Å²) in [4.78, 5) is 10.6. The molecule has 1 aliphatic heterocycles. The molecule has 2 heteroatoms. The zero-order valence-electron chi connectivity index (χ0n) is 5.72. The maximum Gasteiger partial charge on any atom is 0.305 e. The van der Waals surface area contributed by atoms with Crippen molar-refractivity contribution in [3.05, 3.63) is 0 Å². The summed E-state index contributed by atoms with van der Waals surface area (Å²) in [6.07, 6.45) is 2.64. The van der Waals surface area contributed by atoms with Crippen molar-refractivity contribution in [2.75, 3.05) is 6.61 Å². The standard InChI is InChI=1S/C7H12O2.CH4/c1-6-2-3-7(8)9-5-4-6;/h6H,2-5H2,1H3;1H4. The van der Waals surface area contributed by atoms with Gasteiger partial charge in [0.15, 0.2) is 0 Å². The Morgan fingerprint density at radius 3 is 2.90 bits per heavy atom. The van der Waals surface area contributed by atoms with E-state index in [0.29, 0.717) is 18.9 Å². The van der Waals surface area contributed by atoms with E-state index < -0.39 is 0 Å². The van der Waals surface area contributed by atoms with Crippen LogP contribution in [0.2, 0.25) is 0 Å². The molecule has 1 saturated heterocycles. The Balaban J connectivity index is 0.000000810. The summed E-state index contributed by atoms with van der Waals surface area (Å²) in [5, 5.41) is 0. The van der Waals surface area contributed by atoms with E-state index >= 15 is 0 Å². The van der Waals surface area contributed by atoms with Crippen LogP contribution in [0.1, 0.15) is 33.6 Å². The van der Waals surface area contributed by atoms with Crippen molar-refractivity contribution >= 4 is 5.97 Å². The summed E-state index contributed by atoms with van der Waals surface area (Å²) in [6, 6.07) is 0. The Morgan fingerprint density at radius 2 is 2.20 bits per heavy atom. The summed E-state index contributed by atoms with van der Waals surface area (Å²) in [5.41, 5.74) is 0. The predicted molar refractivity (Wildman–Crippen MR) is 40.7 cm³/mol. The molecule has 1 rings (SSSR count). The molecule has 1 aliphatic rings. The first-order valence-electron chi connectivity index (χ1n) is 3.44. The maximum absolute atomic E-state index is 10.6. The van der Waals surface area contributed by atoms with Crippen molar-refractivity contribution < 1.29 is 9.53 Å². The lowest BCUT2D eigenvalue weighted by Crippen LogP contribution is -2.00. The fourth-order valence-electron chi connectivity index (χ4n) is 0.955. The molecule has 1 atom stereocenters. The van der Waals surface area contributed by atoms with Crippen LogP contribution in [0.25, 0.3) is 0 Å². The lowest BCUT2D eigenvalue weighted by molar-refractivity contribution is -0.142. The highest BCUT2D eigenvalue weighted by Crippen LogP contribution is 2.14. The Hall–Kier alpha value is -0.530. The van der Waals surface area contributed by atoms with Crippen LogP contribution in [-0.4, -0.2) is 12.6 Å². The summed E-state index contributed by atoms with van der Waals surface area (Å²) >= 11 is 0. The van der Waals surface area contributed by atoms with Gasteiger partial charge >= 0.3 is 5.97 Å². The monoisotopic (exact) mass is 144 g/mol. The molecule has 60 valence electrons. The van der Waals surface area contributed by atoms with Gasteiger partial charge in [-0.1, -0.05) is 14.4 Å². The third-order valence-electron chi connectivity index (χ3n) is 1.71. The third-order valence-corrected chi connectivity index (χ3v) is 1.71. The van der Waals surface area contributed by atoms with Gasteiger partial charge in [-0.15, -0.1) is 0 Å². The van der Waals surface area contributed by atoms with Crippen LogP contribution < -0.4 is 0 Å². The summed E-state index contributed by atoms with van der Waals surface area (Å²) in [6.45, 7) is 2.78. The normalized spacial score (nSPS) is 26.1. The van der Waals surface area contributed by atoms with Crippen LogP contribution >= 0.6 is 0 Å². The number of esters is 1. The highest BCUT2D eigenvalue weighted by Gasteiger charge is 2.12. The van der Waals surface area contributed by atoms with Gasteiger partial charge in [-0.25, -0.2) is 0 Å². The number of rotatable bonds is 0. The largest absolute Gasteiger partial charge is 0.466 e. The molecule has 0 aliphatic carbocycles. The SMILES string of the molecule is C.CC1CCOC(=O)CC1. The van der Waals surface area contributed by atoms with Crippen LogP contribution in [0.15, 0.2) is 0 Å². The minimum absolute atomic E-state index is 0. The number of hydrogen-bond acceptors (Lipinski definition) is 2. The molecule has 10 heavy (non-hydrogen) atoms. The smallest absolute Gasteiger partial charge is 0.305 e. The predicted octanol–water partition coefficient (Wildman–Crippen LogP) is 1.99. The van der Waals surface area contributed by atoms with Gasteiger partial charge in [0, 0.05) is 6.42 Å². The van der Waals surface area contributed by atoms with Crippen molar-refractivity contribution in [1.29, 1.82) is 0 Å². The van der Waals surface area contributed by atoms with Gasteiger partial charge in [0.05, 0.1) is 6.61 Å². The van der Waals surface area contributed by atoms with Crippen LogP contribution in [-0.2, 0) is 9.53 Å². The van der Waals surface area contributed by atoms with Crippen molar-refractivity contribution in [1.82, 2.24) is 0 Å². The first-order chi connectivity index (χ1) is 4.29. The van der Waals surface area contributed by atoms with Gasteiger partial charge in [0.1, 0.15) is 0 Å². The van der Waals surface area contributed by atoms with E-state index in [2.05, 4.69) is 6.92 Å². The molecule has 2 nitrogen and oxygen atoms in total. The lowest BCUT2D eigenvalue weighted by atomic mass is 10.0. The molecule has 0 radical (unpaired) electrons. The minimum atomic E-state index is -0.0284. The zero-order chi connectivity index (χ0) is 6.69. The molecule has 0 N–H and O–H groups in total. The number of hydrogen-bond donors (Lipinski definition) is 0. The van der Waals surface area contributed by atoms with Gasteiger partial charge < -0.3 is 4.74 Å². The Labute approximate surface area is 62.6 Å². The molecule has 0 bridgehead atoms. The van der Waals surface area contributed by atoms with Crippen molar-refractivity contribution in [2.24, 2.45) is 5.92 Å². The summed E-state index contributed by atoms with van der Waals surface area (Å²) in [5.74, 6) is 0.635. The molecule has 1 unspecified atom stereocenters. The van der Waals surface area contributed by atoms with Gasteiger partial charge in [-0.3, -0.25) is 4.79 Å². The average Bonchev–Trinajstić information content (AvgIpc) is 1.97. The number of carbonyl (C=O) groups excluding carboxylic acids is 1. The Bertz CT molecular complexity index is 110. The molecular formula is C8H16O2. The Kier molecular flexibility index (Phi) is 4.08. The number of cyclic esters (lactones) is 1. The van der Waals surface area contributed by atoms with Crippen molar-refractivity contribution in [2.45, 2.75) is 33.6 Å². The summed E-state index contributed by atoms with van der Waals surface area (Å²) < 4.78 is 4.83. The third kappa shape index (κ3) is 2.85. The molecule has 0 spiro atoms. The van der Waals surface area contributed by atoms with E-state index in [1.165, 1.54) is 0 Å². The number of ether oxygens (including phenoxy) is 1. The van der Waals surface area contributed by atoms with Gasteiger partial charge in [-0.2, -0.15) is 0 Å². The highest BCUT2D eigenvalue weighted by atomic mass is 16.5. The van der Waals surface area contributed by atoms with Crippen molar-refractivity contribution in [3.8, 4) is 0 Å². The van der Waals surface area contributed by atoms with E-state index in [0.717, 1.165) is 12.8 Å². The first kappa shape index (κ1) is 9.47. The molecule has 0 amide bonds.